The molecule has 0 saturated heterocycles. The molecule has 0 aliphatic rings. The third kappa shape index (κ3) is 2.89. The van der Waals surface area contributed by atoms with E-state index < -0.39 is 11.9 Å². The second kappa shape index (κ2) is 5.49. The lowest BCUT2D eigenvalue weighted by atomic mass is 10.2. The topological polar surface area (TPSA) is 105 Å². The molecule has 1 heterocycles. The number of carbonyl (C=O) groups excluding carboxylic acids is 1. The second-order valence-electron chi connectivity index (χ2n) is 3.75. The summed E-state index contributed by atoms with van der Waals surface area (Å²) < 4.78 is 3.77. The molecule has 0 radical (unpaired) electrons. The Bertz CT molecular complexity index is 610. The highest BCUT2D eigenvalue weighted by Crippen LogP contribution is 2.21. The number of benzene rings is 1. The predicted octanol–water partition coefficient (Wildman–Crippen LogP) is 1.35. The number of aromatic nitrogens is 1. The SMILES string of the molecule is Nc1c(C(=O)NCc2ccccc2)nsc1C(=O)O. The third-order valence-electron chi connectivity index (χ3n) is 2.43. The predicted molar refractivity (Wildman–Crippen MR) is 71.1 cm³/mol. The standard InChI is InChI=1S/C12H11N3O3S/c13-8-9(15-19-10(8)12(17)18)11(16)14-6-7-4-2-1-3-5-7/h1-5H,6,13H2,(H,14,16)(H,17,18). The van der Waals surface area contributed by atoms with Gasteiger partial charge in [0.1, 0.15) is 0 Å². The summed E-state index contributed by atoms with van der Waals surface area (Å²) in [5, 5.41) is 11.5. The number of nitrogens with two attached hydrogens (primary N) is 1. The first-order valence-corrected chi connectivity index (χ1v) is 6.17. The van der Waals surface area contributed by atoms with Gasteiger partial charge >= 0.3 is 5.97 Å². The molecule has 6 nitrogen and oxygen atoms in total. The molecule has 1 aromatic heterocycles. The van der Waals surface area contributed by atoms with E-state index in [0.29, 0.717) is 18.1 Å². The number of nitrogens with zero attached hydrogens (tertiary/aromatic N) is 1. The molecule has 0 atom stereocenters. The molecule has 4 N–H and O–H groups in total. The van der Waals surface area contributed by atoms with E-state index in [1.807, 2.05) is 30.3 Å². The van der Waals surface area contributed by atoms with E-state index in [2.05, 4.69) is 9.69 Å². The van der Waals surface area contributed by atoms with Crippen molar-refractivity contribution in [3.05, 3.63) is 46.5 Å². The minimum absolute atomic E-state index is 0.0432. The fourth-order valence-electron chi connectivity index (χ4n) is 1.48. The highest BCUT2D eigenvalue weighted by Gasteiger charge is 2.21. The lowest BCUT2D eigenvalue weighted by Gasteiger charge is -2.03. The third-order valence-corrected chi connectivity index (χ3v) is 3.28. The Morgan fingerprint density at radius 2 is 2.00 bits per heavy atom. The van der Waals surface area contributed by atoms with Crippen molar-refractivity contribution in [3.8, 4) is 0 Å². The number of amides is 1. The second-order valence-corrected chi connectivity index (χ2v) is 4.52. The van der Waals surface area contributed by atoms with Crippen molar-refractivity contribution in [1.82, 2.24) is 9.69 Å². The number of carbonyl (C=O) groups is 2. The van der Waals surface area contributed by atoms with Gasteiger partial charge in [-0.15, -0.1) is 0 Å². The average Bonchev–Trinajstić information content (AvgIpc) is 2.79. The van der Waals surface area contributed by atoms with Crippen LogP contribution in [0.15, 0.2) is 30.3 Å². The fraction of sp³-hybridized carbons (Fsp3) is 0.0833. The smallest absolute Gasteiger partial charge is 0.349 e. The maximum absolute atomic E-state index is 11.8. The van der Waals surface area contributed by atoms with E-state index in [-0.39, 0.29) is 16.3 Å². The van der Waals surface area contributed by atoms with Crippen LogP contribution in [0.5, 0.6) is 0 Å². The number of aromatic carboxylic acids is 1. The zero-order valence-corrected chi connectivity index (χ0v) is 10.6. The van der Waals surface area contributed by atoms with Crippen molar-refractivity contribution < 1.29 is 14.7 Å². The van der Waals surface area contributed by atoms with Crippen molar-refractivity contribution in [2.45, 2.75) is 6.54 Å². The van der Waals surface area contributed by atoms with Crippen molar-refractivity contribution in [3.63, 3.8) is 0 Å². The average molecular weight is 277 g/mol. The summed E-state index contributed by atoms with van der Waals surface area (Å²) in [6, 6.07) is 9.34. The van der Waals surface area contributed by atoms with E-state index in [0.717, 1.165) is 5.56 Å². The Hall–Kier alpha value is -2.41. The first-order chi connectivity index (χ1) is 9.09. The summed E-state index contributed by atoms with van der Waals surface area (Å²) in [5.74, 6) is -1.66. The van der Waals surface area contributed by atoms with Crippen molar-refractivity contribution in [2.24, 2.45) is 0 Å². The molecule has 0 aliphatic carbocycles. The van der Waals surface area contributed by atoms with Gasteiger partial charge in [-0.25, -0.2) is 4.79 Å². The summed E-state index contributed by atoms with van der Waals surface area (Å²) in [7, 11) is 0. The summed E-state index contributed by atoms with van der Waals surface area (Å²) in [6.45, 7) is 0.332. The lowest BCUT2D eigenvalue weighted by molar-refractivity contribution is 0.0703. The number of rotatable bonds is 4. The van der Waals surface area contributed by atoms with E-state index in [4.69, 9.17) is 10.8 Å². The largest absolute Gasteiger partial charge is 0.477 e. The molecule has 0 unspecified atom stereocenters. The van der Waals surface area contributed by atoms with Gasteiger partial charge in [0.2, 0.25) is 0 Å². The van der Waals surface area contributed by atoms with Crippen LogP contribution in [0.2, 0.25) is 0 Å². The van der Waals surface area contributed by atoms with Crippen molar-refractivity contribution in [2.75, 3.05) is 5.73 Å². The van der Waals surface area contributed by atoms with Crippen LogP contribution < -0.4 is 11.1 Å². The Kier molecular flexibility index (Phi) is 3.76. The number of nitrogens with one attached hydrogen (secondary N) is 1. The zero-order chi connectivity index (χ0) is 13.8. The van der Waals surface area contributed by atoms with Gasteiger partial charge in [-0.1, -0.05) is 30.3 Å². The lowest BCUT2D eigenvalue weighted by Crippen LogP contribution is -2.24. The van der Waals surface area contributed by atoms with E-state index in [1.165, 1.54) is 0 Å². The fourth-order valence-corrected chi connectivity index (χ4v) is 2.11. The van der Waals surface area contributed by atoms with Crippen LogP contribution in [0.1, 0.15) is 25.7 Å². The molecule has 0 aliphatic heterocycles. The molecule has 98 valence electrons. The molecule has 1 amide bonds. The zero-order valence-electron chi connectivity index (χ0n) is 9.79. The molecule has 0 fully saturated rings. The van der Waals surface area contributed by atoms with Gasteiger partial charge in [0.25, 0.3) is 5.91 Å². The van der Waals surface area contributed by atoms with Gasteiger partial charge < -0.3 is 16.2 Å². The summed E-state index contributed by atoms with van der Waals surface area (Å²) in [6.07, 6.45) is 0. The van der Waals surface area contributed by atoms with Crippen LogP contribution >= 0.6 is 11.5 Å². The number of carboxylic acids is 1. The molecule has 2 aromatic rings. The first-order valence-electron chi connectivity index (χ1n) is 5.40. The van der Waals surface area contributed by atoms with Gasteiger partial charge in [-0.05, 0) is 17.1 Å². The quantitative estimate of drug-likeness (QED) is 0.782. The summed E-state index contributed by atoms with van der Waals surface area (Å²) in [4.78, 5) is 22.5. The number of nitrogen functional groups attached to an aromatic ring is 1. The van der Waals surface area contributed by atoms with E-state index in [1.54, 1.807) is 0 Å². The molecule has 0 saturated carbocycles. The van der Waals surface area contributed by atoms with E-state index >= 15 is 0 Å². The number of hydrogen-bond donors (Lipinski definition) is 3. The van der Waals surface area contributed by atoms with Gasteiger partial charge in [0.05, 0.1) is 5.69 Å². The maximum Gasteiger partial charge on any atom is 0.349 e. The van der Waals surface area contributed by atoms with Crippen LogP contribution in [-0.4, -0.2) is 21.4 Å². The first kappa shape index (κ1) is 13.0. The summed E-state index contributed by atoms with van der Waals surface area (Å²) in [5.41, 5.74) is 6.38. The normalized spacial score (nSPS) is 10.1. The van der Waals surface area contributed by atoms with Gasteiger partial charge in [-0.3, -0.25) is 4.79 Å². The maximum atomic E-state index is 11.8. The van der Waals surface area contributed by atoms with Crippen molar-refractivity contribution in [1.29, 1.82) is 0 Å². The van der Waals surface area contributed by atoms with E-state index in [9.17, 15) is 9.59 Å². The molecular formula is C12H11N3O3S. The number of anilines is 1. The monoisotopic (exact) mass is 277 g/mol. The highest BCUT2D eigenvalue weighted by atomic mass is 32.1. The molecule has 0 spiro atoms. The highest BCUT2D eigenvalue weighted by molar-refractivity contribution is 7.08. The minimum atomic E-state index is -1.18. The van der Waals surface area contributed by atoms with Crippen LogP contribution in [-0.2, 0) is 6.54 Å². The Morgan fingerprint density at radius 3 is 2.58 bits per heavy atom. The Labute approximate surface area is 113 Å². The molecule has 7 heteroatoms. The molecule has 1 aromatic carbocycles. The molecule has 0 bridgehead atoms. The van der Waals surface area contributed by atoms with Crippen molar-refractivity contribution >= 4 is 29.1 Å². The van der Waals surface area contributed by atoms with Gasteiger partial charge in [0, 0.05) is 6.54 Å². The Balaban J connectivity index is 2.07. The summed E-state index contributed by atoms with van der Waals surface area (Å²) >= 11 is 0.699. The number of carboxylic acid groups (broad SMARTS) is 1. The van der Waals surface area contributed by atoms with Gasteiger partial charge in [-0.2, -0.15) is 4.37 Å². The van der Waals surface area contributed by atoms with Crippen LogP contribution in [0, 0.1) is 0 Å². The molecule has 19 heavy (non-hydrogen) atoms. The van der Waals surface area contributed by atoms with Crippen LogP contribution in [0.4, 0.5) is 5.69 Å². The molecule has 2 rings (SSSR count). The number of hydrogen-bond acceptors (Lipinski definition) is 5. The Morgan fingerprint density at radius 1 is 1.32 bits per heavy atom. The minimum Gasteiger partial charge on any atom is -0.477 e. The van der Waals surface area contributed by atoms with Crippen LogP contribution in [0.25, 0.3) is 0 Å². The van der Waals surface area contributed by atoms with Gasteiger partial charge in [0.15, 0.2) is 10.6 Å². The molecular weight excluding hydrogens is 266 g/mol. The van der Waals surface area contributed by atoms with Crippen LogP contribution in [0.3, 0.4) is 0 Å².